The van der Waals surface area contributed by atoms with Gasteiger partial charge in [0, 0.05) is 11.3 Å². The zero-order valence-electron chi connectivity index (χ0n) is 12.9. The Morgan fingerprint density at radius 2 is 2.00 bits per heavy atom. The number of nitrogens with one attached hydrogen (secondary N) is 2. The summed E-state index contributed by atoms with van der Waals surface area (Å²) in [6, 6.07) is 11.0. The molecule has 4 nitrogen and oxygen atoms in total. The van der Waals surface area contributed by atoms with Crippen molar-refractivity contribution in [2.24, 2.45) is 5.92 Å². The van der Waals surface area contributed by atoms with Gasteiger partial charge in [0.15, 0.2) is 5.16 Å². The maximum absolute atomic E-state index is 4.26. The molecule has 2 atom stereocenters. The highest BCUT2D eigenvalue weighted by Crippen LogP contribution is 2.35. The zero-order chi connectivity index (χ0) is 15.1. The van der Waals surface area contributed by atoms with Crippen molar-refractivity contribution in [3.8, 4) is 0 Å². The van der Waals surface area contributed by atoms with Crippen LogP contribution in [0.3, 0.4) is 0 Å². The Labute approximate surface area is 131 Å². The molecule has 0 aliphatic carbocycles. The van der Waals surface area contributed by atoms with Gasteiger partial charge in [0.1, 0.15) is 6.33 Å². The standard InChI is InChI=1S/C16H24N4S/c1-4-10-17-14(13-8-6-5-7-9-13)15(12(2)3)21-16-18-11-19-20-16/h5-9,11-12,14-15,17H,4,10H2,1-3H3,(H,18,19,20). The highest BCUT2D eigenvalue weighted by molar-refractivity contribution is 7.99. The summed E-state index contributed by atoms with van der Waals surface area (Å²) in [4.78, 5) is 4.26. The molecule has 0 saturated carbocycles. The van der Waals surface area contributed by atoms with Crippen LogP contribution < -0.4 is 5.32 Å². The molecule has 2 unspecified atom stereocenters. The van der Waals surface area contributed by atoms with Gasteiger partial charge < -0.3 is 5.32 Å². The largest absolute Gasteiger partial charge is 0.309 e. The minimum atomic E-state index is 0.307. The fraction of sp³-hybridized carbons (Fsp3) is 0.500. The number of H-pyrrole nitrogens is 1. The molecule has 1 heterocycles. The molecule has 1 aromatic heterocycles. The predicted octanol–water partition coefficient (Wildman–Crippen LogP) is 3.66. The second kappa shape index (κ2) is 8.20. The number of aromatic amines is 1. The molecule has 0 aliphatic rings. The van der Waals surface area contributed by atoms with Gasteiger partial charge in [-0.05, 0) is 24.4 Å². The van der Waals surface area contributed by atoms with Gasteiger partial charge >= 0.3 is 0 Å². The number of benzene rings is 1. The van der Waals surface area contributed by atoms with Crippen molar-refractivity contribution in [2.75, 3.05) is 6.54 Å². The number of aromatic nitrogens is 3. The van der Waals surface area contributed by atoms with Crippen LogP contribution in [0.4, 0.5) is 0 Å². The average Bonchev–Trinajstić information content (AvgIpc) is 3.00. The van der Waals surface area contributed by atoms with E-state index in [0.717, 1.165) is 18.1 Å². The third-order valence-electron chi connectivity index (χ3n) is 3.40. The van der Waals surface area contributed by atoms with Gasteiger partial charge in [0.05, 0.1) is 0 Å². The molecule has 0 radical (unpaired) electrons. The molecule has 2 rings (SSSR count). The summed E-state index contributed by atoms with van der Waals surface area (Å²) < 4.78 is 0. The molecule has 0 spiro atoms. The van der Waals surface area contributed by atoms with Crippen LogP contribution in [-0.2, 0) is 0 Å². The Balaban J connectivity index is 2.22. The number of hydrogen-bond donors (Lipinski definition) is 2. The lowest BCUT2D eigenvalue weighted by Gasteiger charge is -2.30. The van der Waals surface area contributed by atoms with Crippen LogP contribution in [0, 0.1) is 5.92 Å². The van der Waals surface area contributed by atoms with E-state index >= 15 is 0 Å². The summed E-state index contributed by atoms with van der Waals surface area (Å²) in [5.74, 6) is 0.523. The SMILES string of the molecule is CCCNC(c1ccccc1)C(Sc1ncn[nH]1)C(C)C. The molecule has 0 saturated heterocycles. The number of thioether (sulfide) groups is 1. The lowest BCUT2D eigenvalue weighted by molar-refractivity contribution is 0.443. The van der Waals surface area contributed by atoms with Crippen LogP contribution in [0.2, 0.25) is 0 Å². The van der Waals surface area contributed by atoms with E-state index in [4.69, 9.17) is 0 Å². The first kappa shape index (κ1) is 16.0. The fourth-order valence-electron chi connectivity index (χ4n) is 2.35. The maximum Gasteiger partial charge on any atom is 0.183 e. The van der Waals surface area contributed by atoms with Crippen LogP contribution in [0.5, 0.6) is 0 Å². The van der Waals surface area contributed by atoms with Crippen LogP contribution in [0.1, 0.15) is 38.8 Å². The topological polar surface area (TPSA) is 53.6 Å². The average molecular weight is 304 g/mol. The number of nitrogens with zero attached hydrogens (tertiary/aromatic N) is 2. The van der Waals surface area contributed by atoms with Crippen molar-refractivity contribution in [2.45, 2.75) is 43.6 Å². The van der Waals surface area contributed by atoms with Gasteiger partial charge in [-0.15, -0.1) is 0 Å². The first-order valence-electron chi connectivity index (χ1n) is 7.52. The minimum absolute atomic E-state index is 0.307. The molecule has 1 aromatic carbocycles. The molecule has 0 amide bonds. The van der Waals surface area contributed by atoms with Crippen molar-refractivity contribution in [1.29, 1.82) is 0 Å². The van der Waals surface area contributed by atoms with E-state index in [1.165, 1.54) is 5.56 Å². The summed E-state index contributed by atoms with van der Waals surface area (Å²) in [6.07, 6.45) is 2.69. The normalized spacial score (nSPS) is 14.3. The Hall–Kier alpha value is -1.33. The molecular formula is C16H24N4S. The fourth-order valence-corrected chi connectivity index (χ4v) is 3.49. The summed E-state index contributed by atoms with van der Waals surface area (Å²) in [7, 11) is 0. The quantitative estimate of drug-likeness (QED) is 0.731. The molecule has 21 heavy (non-hydrogen) atoms. The lowest BCUT2D eigenvalue weighted by atomic mass is 9.96. The highest BCUT2D eigenvalue weighted by atomic mass is 32.2. The minimum Gasteiger partial charge on any atom is -0.309 e. The van der Waals surface area contributed by atoms with E-state index in [0.29, 0.717) is 17.2 Å². The number of rotatable bonds is 8. The van der Waals surface area contributed by atoms with Crippen LogP contribution in [-0.4, -0.2) is 27.0 Å². The maximum atomic E-state index is 4.26. The second-order valence-corrected chi connectivity index (χ2v) is 6.63. The van der Waals surface area contributed by atoms with Gasteiger partial charge in [-0.3, -0.25) is 5.10 Å². The second-order valence-electron chi connectivity index (χ2n) is 5.46. The summed E-state index contributed by atoms with van der Waals surface area (Å²) in [5, 5.41) is 11.9. The summed E-state index contributed by atoms with van der Waals surface area (Å²) >= 11 is 1.77. The van der Waals surface area contributed by atoms with Gasteiger partial charge in [0.25, 0.3) is 0 Å². The van der Waals surface area contributed by atoms with E-state index in [-0.39, 0.29) is 0 Å². The van der Waals surface area contributed by atoms with E-state index in [1.54, 1.807) is 18.1 Å². The van der Waals surface area contributed by atoms with Crippen LogP contribution in [0.25, 0.3) is 0 Å². The molecule has 0 fully saturated rings. The Morgan fingerprint density at radius 3 is 2.57 bits per heavy atom. The van der Waals surface area contributed by atoms with Gasteiger partial charge in [-0.2, -0.15) is 5.10 Å². The number of hydrogen-bond acceptors (Lipinski definition) is 4. The third-order valence-corrected chi connectivity index (χ3v) is 4.91. The Morgan fingerprint density at radius 1 is 1.24 bits per heavy atom. The molecule has 5 heteroatoms. The van der Waals surface area contributed by atoms with E-state index < -0.39 is 0 Å². The first-order valence-corrected chi connectivity index (χ1v) is 8.40. The van der Waals surface area contributed by atoms with Crippen molar-refractivity contribution in [3.05, 3.63) is 42.2 Å². The van der Waals surface area contributed by atoms with Gasteiger partial charge in [0.2, 0.25) is 0 Å². The van der Waals surface area contributed by atoms with Crippen molar-refractivity contribution in [3.63, 3.8) is 0 Å². The van der Waals surface area contributed by atoms with Crippen LogP contribution in [0.15, 0.2) is 41.8 Å². The highest BCUT2D eigenvalue weighted by Gasteiger charge is 2.27. The molecule has 2 aromatic rings. The smallest absolute Gasteiger partial charge is 0.183 e. The van der Waals surface area contributed by atoms with Crippen LogP contribution >= 0.6 is 11.8 Å². The third kappa shape index (κ3) is 4.58. The monoisotopic (exact) mass is 304 g/mol. The van der Waals surface area contributed by atoms with Gasteiger partial charge in [-0.1, -0.05) is 62.9 Å². The van der Waals surface area contributed by atoms with E-state index in [9.17, 15) is 0 Å². The molecular weight excluding hydrogens is 280 g/mol. The van der Waals surface area contributed by atoms with Crippen molar-refractivity contribution < 1.29 is 0 Å². The first-order chi connectivity index (χ1) is 10.2. The molecule has 0 bridgehead atoms. The molecule has 114 valence electrons. The molecule has 2 N–H and O–H groups in total. The van der Waals surface area contributed by atoms with Gasteiger partial charge in [-0.25, -0.2) is 4.98 Å². The van der Waals surface area contributed by atoms with E-state index in [1.807, 2.05) is 0 Å². The summed E-state index contributed by atoms with van der Waals surface area (Å²) in [5.41, 5.74) is 1.33. The molecule has 0 aliphatic heterocycles. The van der Waals surface area contributed by atoms with Crippen molar-refractivity contribution in [1.82, 2.24) is 20.5 Å². The predicted molar refractivity (Wildman–Crippen MR) is 88.3 cm³/mol. The Kier molecular flexibility index (Phi) is 6.26. The zero-order valence-corrected chi connectivity index (χ0v) is 13.7. The van der Waals surface area contributed by atoms with E-state index in [2.05, 4.69) is 71.6 Å². The van der Waals surface area contributed by atoms with Crippen molar-refractivity contribution >= 4 is 11.8 Å². The summed E-state index contributed by atoms with van der Waals surface area (Å²) in [6.45, 7) is 7.73. The Bertz CT molecular complexity index is 498. The lowest BCUT2D eigenvalue weighted by Crippen LogP contribution is -2.34.